The van der Waals surface area contributed by atoms with E-state index in [1.165, 1.54) is 5.56 Å². The molecule has 0 aliphatic rings. The van der Waals surface area contributed by atoms with Gasteiger partial charge in [-0.05, 0) is 37.0 Å². The predicted molar refractivity (Wildman–Crippen MR) is 142 cm³/mol. The van der Waals surface area contributed by atoms with E-state index in [0.717, 1.165) is 37.8 Å². The fourth-order valence-corrected chi connectivity index (χ4v) is 4.12. The third-order valence-corrected chi connectivity index (χ3v) is 5.99. The number of nitrogens with zero attached hydrogens (tertiary/aromatic N) is 1. The van der Waals surface area contributed by atoms with Crippen LogP contribution in [0.5, 0.6) is 0 Å². The molecule has 0 amide bonds. The van der Waals surface area contributed by atoms with Gasteiger partial charge in [-0.25, -0.2) is 13.4 Å². The molecular formula is C23H35IN4O2S. The maximum atomic E-state index is 11.6. The van der Waals surface area contributed by atoms with Gasteiger partial charge in [-0.3, -0.25) is 4.72 Å². The molecule has 0 bridgehead atoms. The third-order valence-electron chi connectivity index (χ3n) is 5.40. The number of para-hydroxylation sites is 1. The van der Waals surface area contributed by atoms with Crippen LogP contribution >= 0.6 is 24.0 Å². The maximum absolute atomic E-state index is 11.6. The van der Waals surface area contributed by atoms with Crippen molar-refractivity contribution in [2.45, 2.75) is 45.6 Å². The number of benzene rings is 2. The summed E-state index contributed by atoms with van der Waals surface area (Å²) in [4.78, 5) is 4.70. The maximum Gasteiger partial charge on any atom is 0.229 e. The third kappa shape index (κ3) is 8.33. The summed E-state index contributed by atoms with van der Waals surface area (Å²) in [5.74, 6) is 0.717. The zero-order chi connectivity index (χ0) is 22.0. The Bertz CT molecular complexity index is 930. The summed E-state index contributed by atoms with van der Waals surface area (Å²) in [6, 6.07) is 17.9. The Morgan fingerprint density at radius 2 is 1.55 bits per heavy atom. The van der Waals surface area contributed by atoms with E-state index in [0.29, 0.717) is 18.2 Å². The second kappa shape index (κ2) is 12.9. The fraction of sp³-hybridized carbons (Fsp3) is 0.435. The number of halogens is 1. The quantitative estimate of drug-likeness (QED) is 0.228. The highest BCUT2D eigenvalue weighted by atomic mass is 127. The fourth-order valence-electron chi connectivity index (χ4n) is 3.52. The topological polar surface area (TPSA) is 82.6 Å². The first-order valence-electron chi connectivity index (χ1n) is 10.5. The normalized spacial score (nSPS) is 12.1. The van der Waals surface area contributed by atoms with Gasteiger partial charge in [-0.15, -0.1) is 24.0 Å². The number of nitrogens with one attached hydrogen (secondary N) is 3. The lowest BCUT2D eigenvalue weighted by Crippen LogP contribution is -2.45. The van der Waals surface area contributed by atoms with Crippen molar-refractivity contribution in [1.82, 2.24) is 10.6 Å². The van der Waals surface area contributed by atoms with Gasteiger partial charge < -0.3 is 10.6 Å². The van der Waals surface area contributed by atoms with Crippen LogP contribution in [-0.4, -0.2) is 33.7 Å². The van der Waals surface area contributed by atoms with Gasteiger partial charge in [0, 0.05) is 18.5 Å². The van der Waals surface area contributed by atoms with Crippen molar-refractivity contribution in [3.8, 4) is 0 Å². The molecule has 2 rings (SSSR count). The molecule has 8 heteroatoms. The van der Waals surface area contributed by atoms with Crippen LogP contribution in [0, 0.1) is 0 Å². The molecule has 0 saturated carbocycles. The highest BCUT2D eigenvalue weighted by Crippen LogP contribution is 2.30. The monoisotopic (exact) mass is 558 g/mol. The molecule has 2 aromatic rings. The number of hydrogen-bond donors (Lipinski definition) is 3. The number of hydrogen-bond acceptors (Lipinski definition) is 3. The van der Waals surface area contributed by atoms with Gasteiger partial charge in [0.15, 0.2) is 5.96 Å². The van der Waals surface area contributed by atoms with Gasteiger partial charge in [0.1, 0.15) is 0 Å². The average Bonchev–Trinajstić information content (AvgIpc) is 2.73. The van der Waals surface area contributed by atoms with E-state index < -0.39 is 10.0 Å². The van der Waals surface area contributed by atoms with Gasteiger partial charge in [0.25, 0.3) is 0 Å². The van der Waals surface area contributed by atoms with Crippen molar-refractivity contribution in [2.24, 2.45) is 4.99 Å². The van der Waals surface area contributed by atoms with Gasteiger partial charge in [0.05, 0.1) is 18.5 Å². The summed E-state index contributed by atoms with van der Waals surface area (Å²) in [6.07, 6.45) is 3.18. The molecule has 0 saturated heterocycles. The highest BCUT2D eigenvalue weighted by Gasteiger charge is 2.28. The Balaban J connectivity index is 0.00000480. The van der Waals surface area contributed by atoms with Crippen LogP contribution < -0.4 is 15.4 Å². The van der Waals surface area contributed by atoms with Crippen LogP contribution in [0.1, 0.15) is 44.7 Å². The van der Waals surface area contributed by atoms with E-state index >= 15 is 0 Å². The molecule has 0 radical (unpaired) electrons. The van der Waals surface area contributed by atoms with E-state index in [-0.39, 0.29) is 29.4 Å². The number of guanidine groups is 1. The summed E-state index contributed by atoms with van der Waals surface area (Å²) >= 11 is 0. The Hall–Kier alpha value is -1.81. The lowest BCUT2D eigenvalue weighted by atomic mass is 9.76. The zero-order valence-corrected chi connectivity index (χ0v) is 22.0. The molecule has 0 unspecified atom stereocenters. The zero-order valence-electron chi connectivity index (χ0n) is 18.8. The molecule has 0 fully saturated rings. The molecule has 172 valence electrons. The second-order valence-corrected chi connectivity index (χ2v) is 9.18. The number of sulfonamides is 1. The van der Waals surface area contributed by atoms with Crippen LogP contribution in [0.25, 0.3) is 0 Å². The minimum absolute atomic E-state index is 0. The van der Waals surface area contributed by atoms with Gasteiger partial charge in [-0.2, -0.15) is 0 Å². The Morgan fingerprint density at radius 3 is 2.13 bits per heavy atom. The standard InChI is InChI=1S/C23H34N4O2S.HI/c1-5-23(6-2,20-14-9-8-10-15-20)18-26-22(24-7-3)25-17-19-13-11-12-16-21(19)27-30(4,28)29;/h8-16,27H,5-7,17-18H2,1-4H3,(H2,24,25,26);1H. The summed E-state index contributed by atoms with van der Waals surface area (Å²) < 4.78 is 25.8. The summed E-state index contributed by atoms with van der Waals surface area (Å²) in [7, 11) is -3.35. The van der Waals surface area contributed by atoms with Crippen molar-refractivity contribution >= 4 is 45.6 Å². The molecule has 0 atom stereocenters. The van der Waals surface area contributed by atoms with Crippen molar-refractivity contribution in [3.63, 3.8) is 0 Å². The molecule has 0 spiro atoms. The molecule has 0 heterocycles. The second-order valence-electron chi connectivity index (χ2n) is 7.43. The van der Waals surface area contributed by atoms with Crippen LogP contribution in [0.4, 0.5) is 5.69 Å². The van der Waals surface area contributed by atoms with E-state index in [4.69, 9.17) is 4.99 Å². The van der Waals surface area contributed by atoms with Gasteiger partial charge in [-0.1, -0.05) is 62.4 Å². The highest BCUT2D eigenvalue weighted by molar-refractivity contribution is 14.0. The molecule has 0 aromatic heterocycles. The summed E-state index contributed by atoms with van der Waals surface area (Å²) in [5, 5.41) is 6.79. The molecule has 0 aliphatic heterocycles. The van der Waals surface area contributed by atoms with Crippen LogP contribution in [0.2, 0.25) is 0 Å². The molecule has 6 nitrogen and oxygen atoms in total. The minimum atomic E-state index is -3.35. The van der Waals surface area contributed by atoms with Crippen molar-refractivity contribution in [3.05, 3.63) is 65.7 Å². The van der Waals surface area contributed by atoms with E-state index in [1.807, 2.05) is 25.1 Å². The Kier molecular flexibility index (Phi) is 11.3. The Morgan fingerprint density at radius 1 is 0.935 bits per heavy atom. The van der Waals surface area contributed by atoms with E-state index in [1.54, 1.807) is 12.1 Å². The predicted octanol–water partition coefficient (Wildman–Crippen LogP) is 4.49. The van der Waals surface area contributed by atoms with Gasteiger partial charge in [0.2, 0.25) is 10.0 Å². The Labute approximate surface area is 204 Å². The minimum Gasteiger partial charge on any atom is -0.357 e. The molecule has 31 heavy (non-hydrogen) atoms. The summed E-state index contributed by atoms with van der Waals surface area (Å²) in [5.41, 5.74) is 2.72. The van der Waals surface area contributed by atoms with Crippen molar-refractivity contribution in [2.75, 3.05) is 24.1 Å². The van der Waals surface area contributed by atoms with Crippen LogP contribution in [-0.2, 0) is 22.0 Å². The number of aliphatic imine (C=N–C) groups is 1. The first-order chi connectivity index (χ1) is 14.3. The number of rotatable bonds is 10. The molecule has 3 N–H and O–H groups in total. The van der Waals surface area contributed by atoms with E-state index in [9.17, 15) is 8.42 Å². The van der Waals surface area contributed by atoms with Crippen molar-refractivity contribution in [1.29, 1.82) is 0 Å². The molecule has 0 aliphatic carbocycles. The lowest BCUT2D eigenvalue weighted by molar-refractivity contribution is 0.389. The largest absolute Gasteiger partial charge is 0.357 e. The van der Waals surface area contributed by atoms with Crippen LogP contribution in [0.15, 0.2) is 59.6 Å². The lowest BCUT2D eigenvalue weighted by Gasteiger charge is -2.33. The average molecular weight is 559 g/mol. The van der Waals surface area contributed by atoms with E-state index in [2.05, 4.69) is 53.5 Å². The summed E-state index contributed by atoms with van der Waals surface area (Å²) in [6.45, 7) is 8.33. The van der Waals surface area contributed by atoms with Crippen molar-refractivity contribution < 1.29 is 8.42 Å². The number of anilines is 1. The van der Waals surface area contributed by atoms with Crippen LogP contribution in [0.3, 0.4) is 0 Å². The molecule has 2 aromatic carbocycles. The molecular weight excluding hydrogens is 523 g/mol. The first-order valence-corrected chi connectivity index (χ1v) is 12.4. The smallest absolute Gasteiger partial charge is 0.229 e. The SMILES string of the molecule is CCNC(=NCc1ccccc1NS(C)(=O)=O)NCC(CC)(CC)c1ccccc1.I. The first kappa shape index (κ1) is 27.2. The van der Waals surface area contributed by atoms with Gasteiger partial charge >= 0.3 is 0 Å².